The van der Waals surface area contributed by atoms with Crippen LogP contribution in [-0.2, 0) is 14.3 Å². The van der Waals surface area contributed by atoms with E-state index in [1.54, 1.807) is 18.2 Å². The standard InChI is InChI=1S/C23H21ClN2O6/c1-13-4-6-15(10-19(13)24)25-20(27)12-32-23(30)14-5-7-17-18(9-14)22(29)26(21(17)28)11-16-3-2-8-31-16/h4-7,9-10,16H,2-3,8,11-12H2,1H3,(H,25,27)/t16-/m0/s1. The minimum atomic E-state index is -0.775. The van der Waals surface area contributed by atoms with Gasteiger partial charge >= 0.3 is 5.97 Å². The van der Waals surface area contributed by atoms with Crippen LogP contribution < -0.4 is 5.32 Å². The van der Waals surface area contributed by atoms with E-state index in [-0.39, 0.29) is 29.3 Å². The zero-order valence-corrected chi connectivity index (χ0v) is 18.1. The molecule has 0 aliphatic carbocycles. The second-order valence-electron chi connectivity index (χ2n) is 7.70. The van der Waals surface area contributed by atoms with E-state index in [9.17, 15) is 19.2 Å². The number of hydrogen-bond donors (Lipinski definition) is 1. The van der Waals surface area contributed by atoms with Crippen molar-refractivity contribution in [3.8, 4) is 0 Å². The van der Waals surface area contributed by atoms with Crippen molar-refractivity contribution in [2.75, 3.05) is 25.1 Å². The van der Waals surface area contributed by atoms with Gasteiger partial charge in [0.2, 0.25) is 0 Å². The lowest BCUT2D eigenvalue weighted by Gasteiger charge is -2.17. The highest BCUT2D eigenvalue weighted by Gasteiger charge is 2.38. The van der Waals surface area contributed by atoms with E-state index in [0.29, 0.717) is 17.3 Å². The van der Waals surface area contributed by atoms with Crippen LogP contribution in [0.25, 0.3) is 0 Å². The molecule has 3 amide bonds. The third kappa shape index (κ3) is 4.51. The van der Waals surface area contributed by atoms with Crippen LogP contribution in [0.2, 0.25) is 5.02 Å². The summed E-state index contributed by atoms with van der Waals surface area (Å²) in [5.41, 5.74) is 1.81. The van der Waals surface area contributed by atoms with Crippen LogP contribution >= 0.6 is 11.6 Å². The fourth-order valence-corrected chi connectivity index (χ4v) is 3.84. The predicted octanol–water partition coefficient (Wildman–Crippen LogP) is 3.22. The second kappa shape index (κ2) is 9.10. The number of hydrogen-bond acceptors (Lipinski definition) is 6. The zero-order valence-electron chi connectivity index (χ0n) is 17.4. The number of benzene rings is 2. The van der Waals surface area contributed by atoms with Crippen LogP contribution in [0.3, 0.4) is 0 Å². The van der Waals surface area contributed by atoms with Gasteiger partial charge in [-0.05, 0) is 55.7 Å². The molecule has 8 nitrogen and oxygen atoms in total. The highest BCUT2D eigenvalue weighted by Crippen LogP contribution is 2.26. The first-order chi connectivity index (χ1) is 15.3. The maximum atomic E-state index is 12.7. The molecule has 2 aromatic rings. The van der Waals surface area contributed by atoms with Gasteiger partial charge in [0.1, 0.15) is 0 Å². The lowest BCUT2D eigenvalue weighted by molar-refractivity contribution is -0.119. The molecule has 0 unspecified atom stereocenters. The Balaban J connectivity index is 1.37. The van der Waals surface area contributed by atoms with E-state index in [1.807, 2.05) is 6.92 Å². The topological polar surface area (TPSA) is 102 Å². The van der Waals surface area contributed by atoms with Gasteiger partial charge in [0, 0.05) is 17.3 Å². The van der Waals surface area contributed by atoms with E-state index < -0.39 is 30.3 Å². The van der Waals surface area contributed by atoms with Crippen molar-refractivity contribution in [1.82, 2.24) is 4.90 Å². The molecule has 2 aliphatic rings. The van der Waals surface area contributed by atoms with Crippen LogP contribution in [0.5, 0.6) is 0 Å². The Morgan fingerprint density at radius 1 is 1.16 bits per heavy atom. The molecule has 166 valence electrons. The summed E-state index contributed by atoms with van der Waals surface area (Å²) in [5, 5.41) is 3.10. The molecule has 1 N–H and O–H groups in total. The normalized spacial score (nSPS) is 17.4. The SMILES string of the molecule is Cc1ccc(NC(=O)COC(=O)c2ccc3c(c2)C(=O)N(C[C@@H]2CCCO2)C3=O)cc1Cl. The van der Waals surface area contributed by atoms with Crippen LogP contribution in [0.15, 0.2) is 36.4 Å². The van der Waals surface area contributed by atoms with E-state index in [2.05, 4.69) is 5.32 Å². The van der Waals surface area contributed by atoms with Crippen molar-refractivity contribution in [2.45, 2.75) is 25.9 Å². The maximum Gasteiger partial charge on any atom is 0.338 e. The number of aryl methyl sites for hydroxylation is 1. The lowest BCUT2D eigenvalue weighted by Crippen LogP contribution is -2.36. The number of rotatable bonds is 6. The summed E-state index contributed by atoms with van der Waals surface area (Å²) in [7, 11) is 0. The average Bonchev–Trinajstić information content (AvgIpc) is 3.37. The van der Waals surface area contributed by atoms with Gasteiger partial charge in [-0.2, -0.15) is 0 Å². The number of carbonyl (C=O) groups is 4. The molecule has 0 radical (unpaired) electrons. The maximum absolute atomic E-state index is 12.7. The summed E-state index contributed by atoms with van der Waals surface area (Å²) < 4.78 is 10.6. The van der Waals surface area contributed by atoms with Crippen molar-refractivity contribution in [3.05, 3.63) is 63.7 Å². The Hall–Kier alpha value is -3.23. The number of carbonyl (C=O) groups excluding carboxylic acids is 4. The smallest absolute Gasteiger partial charge is 0.338 e. The fourth-order valence-electron chi connectivity index (χ4n) is 3.66. The molecule has 9 heteroatoms. The van der Waals surface area contributed by atoms with E-state index >= 15 is 0 Å². The molecule has 32 heavy (non-hydrogen) atoms. The van der Waals surface area contributed by atoms with Crippen molar-refractivity contribution < 1.29 is 28.7 Å². The van der Waals surface area contributed by atoms with Crippen molar-refractivity contribution >= 4 is 41.0 Å². The molecule has 2 aliphatic heterocycles. The average molecular weight is 457 g/mol. The Kier molecular flexibility index (Phi) is 6.25. The van der Waals surface area contributed by atoms with Gasteiger partial charge in [0.25, 0.3) is 17.7 Å². The third-order valence-electron chi connectivity index (χ3n) is 5.41. The predicted molar refractivity (Wildman–Crippen MR) is 116 cm³/mol. The van der Waals surface area contributed by atoms with Crippen LogP contribution in [0, 0.1) is 6.92 Å². The number of fused-ring (bicyclic) bond motifs is 1. The summed E-state index contributed by atoms with van der Waals surface area (Å²) in [6, 6.07) is 9.20. The van der Waals surface area contributed by atoms with Gasteiger partial charge in [0.15, 0.2) is 6.61 Å². The van der Waals surface area contributed by atoms with Gasteiger partial charge in [-0.25, -0.2) is 4.79 Å². The number of halogens is 1. The number of imide groups is 1. The molecular weight excluding hydrogens is 436 g/mol. The van der Waals surface area contributed by atoms with E-state index in [0.717, 1.165) is 23.3 Å². The summed E-state index contributed by atoms with van der Waals surface area (Å²) in [6.45, 7) is 2.13. The van der Waals surface area contributed by atoms with Crippen molar-refractivity contribution in [2.24, 2.45) is 0 Å². The van der Waals surface area contributed by atoms with Crippen molar-refractivity contribution in [1.29, 1.82) is 0 Å². The number of amides is 3. The van der Waals surface area contributed by atoms with Gasteiger partial charge in [0.05, 0.1) is 29.3 Å². The number of anilines is 1. The molecule has 0 saturated carbocycles. The minimum Gasteiger partial charge on any atom is -0.452 e. The summed E-state index contributed by atoms with van der Waals surface area (Å²) in [4.78, 5) is 50.9. The molecule has 1 atom stereocenters. The molecule has 2 aromatic carbocycles. The molecule has 4 rings (SSSR count). The first-order valence-electron chi connectivity index (χ1n) is 10.2. The fraction of sp³-hybridized carbons (Fsp3) is 0.304. The van der Waals surface area contributed by atoms with Crippen LogP contribution in [0.4, 0.5) is 5.69 Å². The second-order valence-corrected chi connectivity index (χ2v) is 8.11. The third-order valence-corrected chi connectivity index (χ3v) is 5.81. The molecule has 1 fully saturated rings. The van der Waals surface area contributed by atoms with Gasteiger partial charge in [-0.15, -0.1) is 0 Å². The number of nitrogens with one attached hydrogen (secondary N) is 1. The number of nitrogens with zero attached hydrogens (tertiary/aromatic N) is 1. The first kappa shape index (κ1) is 22.0. The summed E-state index contributed by atoms with van der Waals surface area (Å²) in [5.74, 6) is -2.18. The molecular formula is C23H21ClN2O6. The monoisotopic (exact) mass is 456 g/mol. The highest BCUT2D eigenvalue weighted by atomic mass is 35.5. The van der Waals surface area contributed by atoms with Crippen LogP contribution in [-0.4, -0.2) is 54.5 Å². The summed E-state index contributed by atoms with van der Waals surface area (Å²) in [6.07, 6.45) is 1.53. The largest absolute Gasteiger partial charge is 0.452 e. The van der Waals surface area contributed by atoms with E-state index in [1.165, 1.54) is 18.2 Å². The Labute approximate surface area is 189 Å². The molecule has 2 heterocycles. The van der Waals surface area contributed by atoms with Gasteiger partial charge in [-0.3, -0.25) is 19.3 Å². The minimum absolute atomic E-state index is 0.0787. The molecule has 0 aromatic heterocycles. The van der Waals surface area contributed by atoms with Gasteiger partial charge in [-0.1, -0.05) is 17.7 Å². The van der Waals surface area contributed by atoms with Gasteiger partial charge < -0.3 is 14.8 Å². The number of ether oxygens (including phenoxy) is 2. The molecule has 0 spiro atoms. The van der Waals surface area contributed by atoms with Crippen LogP contribution in [0.1, 0.15) is 49.5 Å². The quantitative estimate of drug-likeness (QED) is 0.529. The Morgan fingerprint density at radius 3 is 2.66 bits per heavy atom. The Morgan fingerprint density at radius 2 is 1.94 bits per heavy atom. The summed E-state index contributed by atoms with van der Waals surface area (Å²) >= 11 is 6.03. The molecule has 1 saturated heterocycles. The van der Waals surface area contributed by atoms with E-state index in [4.69, 9.17) is 21.1 Å². The zero-order chi connectivity index (χ0) is 22.8. The lowest BCUT2D eigenvalue weighted by atomic mass is 10.1. The van der Waals surface area contributed by atoms with Crippen molar-refractivity contribution in [3.63, 3.8) is 0 Å². The first-order valence-corrected chi connectivity index (χ1v) is 10.6. The highest BCUT2D eigenvalue weighted by molar-refractivity contribution is 6.31. The molecule has 0 bridgehead atoms. The number of esters is 1. The Bertz CT molecular complexity index is 1110.